The van der Waals surface area contributed by atoms with Crippen molar-refractivity contribution in [3.63, 3.8) is 0 Å². The van der Waals surface area contributed by atoms with Crippen LogP contribution in [0.5, 0.6) is 0 Å². The Morgan fingerprint density at radius 1 is 1.15 bits per heavy atom. The van der Waals surface area contributed by atoms with Crippen LogP contribution in [0.1, 0.15) is 27.2 Å². The van der Waals surface area contributed by atoms with Crippen molar-refractivity contribution < 1.29 is 23.9 Å². The van der Waals surface area contributed by atoms with Crippen molar-refractivity contribution in [2.24, 2.45) is 11.0 Å². The van der Waals surface area contributed by atoms with Gasteiger partial charge in [-0.15, -0.1) is 0 Å². The summed E-state index contributed by atoms with van der Waals surface area (Å²) in [5.74, 6) is -2.91. The first kappa shape index (κ1) is 18.8. The second-order valence-corrected chi connectivity index (χ2v) is 7.28. The SMILES string of the molecule is COC(=O)C1=NN(C(C)(C)CC(C)=O)[C@H]2C(=O)N(c3ccccc3)C(=O)[C@@H]12. The van der Waals surface area contributed by atoms with E-state index in [1.54, 1.807) is 44.2 Å². The smallest absolute Gasteiger partial charge is 0.355 e. The summed E-state index contributed by atoms with van der Waals surface area (Å²) in [6.07, 6.45) is 0.112. The fraction of sp³-hybridized carbons (Fsp3) is 0.421. The molecule has 2 amide bonds. The van der Waals surface area contributed by atoms with Gasteiger partial charge in [-0.2, -0.15) is 5.10 Å². The topological polar surface area (TPSA) is 96.3 Å². The summed E-state index contributed by atoms with van der Waals surface area (Å²) in [6, 6.07) is 7.53. The van der Waals surface area contributed by atoms with Crippen molar-refractivity contribution in [1.82, 2.24) is 5.01 Å². The first-order valence-corrected chi connectivity index (χ1v) is 8.57. The zero-order chi connectivity index (χ0) is 19.9. The number of para-hydroxylation sites is 1. The lowest BCUT2D eigenvalue weighted by molar-refractivity contribution is -0.133. The molecule has 0 spiro atoms. The second-order valence-electron chi connectivity index (χ2n) is 7.28. The zero-order valence-corrected chi connectivity index (χ0v) is 15.6. The molecule has 0 unspecified atom stereocenters. The lowest BCUT2D eigenvalue weighted by Gasteiger charge is -2.36. The van der Waals surface area contributed by atoms with E-state index in [4.69, 9.17) is 4.74 Å². The highest BCUT2D eigenvalue weighted by atomic mass is 16.5. The summed E-state index contributed by atoms with van der Waals surface area (Å²) in [5, 5.41) is 5.66. The highest BCUT2D eigenvalue weighted by Crippen LogP contribution is 2.39. The van der Waals surface area contributed by atoms with Crippen molar-refractivity contribution in [2.45, 2.75) is 38.8 Å². The molecule has 2 atom stereocenters. The highest BCUT2D eigenvalue weighted by Gasteiger charge is 2.60. The number of nitrogens with zero attached hydrogens (tertiary/aromatic N) is 3. The van der Waals surface area contributed by atoms with Crippen LogP contribution in [0.15, 0.2) is 35.4 Å². The van der Waals surface area contributed by atoms with Gasteiger partial charge in [0, 0.05) is 6.42 Å². The maximum absolute atomic E-state index is 13.2. The number of ketones is 1. The van der Waals surface area contributed by atoms with Crippen molar-refractivity contribution in [3.05, 3.63) is 30.3 Å². The van der Waals surface area contributed by atoms with Gasteiger partial charge in [0.25, 0.3) is 5.91 Å². The predicted octanol–water partition coefficient (Wildman–Crippen LogP) is 1.15. The number of hydrazone groups is 1. The molecule has 0 N–H and O–H groups in total. The van der Waals surface area contributed by atoms with Crippen LogP contribution in [-0.4, -0.2) is 53.0 Å². The van der Waals surface area contributed by atoms with E-state index in [9.17, 15) is 19.2 Å². The Labute approximate surface area is 156 Å². The number of anilines is 1. The van der Waals surface area contributed by atoms with Gasteiger partial charge in [-0.05, 0) is 32.9 Å². The minimum atomic E-state index is -1.06. The van der Waals surface area contributed by atoms with E-state index in [1.807, 2.05) is 0 Å². The van der Waals surface area contributed by atoms with Gasteiger partial charge < -0.3 is 4.74 Å². The standard InChI is InChI=1S/C19H21N3O5/c1-11(23)10-19(2,3)22-15-13(14(20-22)18(26)27-4)16(24)21(17(15)25)12-8-6-5-7-9-12/h5-9,13,15H,10H2,1-4H3/t13-,15+/m0/s1. The molecule has 142 valence electrons. The Kier molecular flexibility index (Phi) is 4.59. The molecule has 0 bridgehead atoms. The summed E-state index contributed by atoms with van der Waals surface area (Å²) in [4.78, 5) is 51.2. The van der Waals surface area contributed by atoms with E-state index < -0.39 is 35.3 Å². The number of fused-ring (bicyclic) bond motifs is 1. The Morgan fingerprint density at radius 2 is 1.78 bits per heavy atom. The number of hydrogen-bond acceptors (Lipinski definition) is 7. The number of methoxy groups -OCH3 is 1. The second kappa shape index (κ2) is 6.61. The normalized spacial score (nSPS) is 22.0. The number of carbonyl (C=O) groups is 4. The molecule has 3 rings (SSSR count). The maximum Gasteiger partial charge on any atom is 0.355 e. The van der Waals surface area contributed by atoms with Crippen molar-refractivity contribution >= 4 is 35.0 Å². The molecule has 1 saturated heterocycles. The van der Waals surface area contributed by atoms with E-state index in [0.717, 1.165) is 4.90 Å². The molecule has 2 aliphatic rings. The van der Waals surface area contributed by atoms with E-state index in [2.05, 4.69) is 5.10 Å². The van der Waals surface area contributed by atoms with Gasteiger partial charge in [0.05, 0.1) is 18.3 Å². The van der Waals surface area contributed by atoms with Crippen LogP contribution < -0.4 is 4.90 Å². The average Bonchev–Trinajstić information content (AvgIpc) is 3.12. The molecule has 2 aliphatic heterocycles. The van der Waals surface area contributed by atoms with Crippen LogP contribution in [0, 0.1) is 5.92 Å². The minimum absolute atomic E-state index is 0.0880. The molecule has 0 aliphatic carbocycles. The first-order chi connectivity index (χ1) is 12.7. The average molecular weight is 371 g/mol. The molecule has 27 heavy (non-hydrogen) atoms. The van der Waals surface area contributed by atoms with Gasteiger partial charge in [0.1, 0.15) is 17.7 Å². The third kappa shape index (κ3) is 3.01. The summed E-state index contributed by atoms with van der Waals surface area (Å²) >= 11 is 0. The van der Waals surface area contributed by atoms with Gasteiger partial charge in [0.2, 0.25) is 5.91 Å². The monoisotopic (exact) mass is 371 g/mol. The number of ether oxygens (including phenoxy) is 1. The fourth-order valence-electron chi connectivity index (χ4n) is 3.72. The fourth-order valence-corrected chi connectivity index (χ4v) is 3.72. The van der Waals surface area contributed by atoms with Crippen molar-refractivity contribution in [2.75, 3.05) is 12.0 Å². The number of amides is 2. The van der Waals surface area contributed by atoms with E-state index >= 15 is 0 Å². The quantitative estimate of drug-likeness (QED) is 0.569. The summed E-state index contributed by atoms with van der Waals surface area (Å²) < 4.78 is 4.76. The number of hydrogen-bond donors (Lipinski definition) is 0. The summed E-state index contributed by atoms with van der Waals surface area (Å²) in [5.41, 5.74) is -0.543. The lowest BCUT2D eigenvalue weighted by atomic mass is 9.92. The molecular weight excluding hydrogens is 350 g/mol. The Hall–Kier alpha value is -3.03. The molecule has 1 aromatic rings. The largest absolute Gasteiger partial charge is 0.464 e. The maximum atomic E-state index is 13.2. The summed E-state index contributed by atoms with van der Waals surface area (Å²) in [7, 11) is 1.19. The van der Waals surface area contributed by atoms with Gasteiger partial charge >= 0.3 is 5.97 Å². The van der Waals surface area contributed by atoms with Crippen LogP contribution >= 0.6 is 0 Å². The van der Waals surface area contributed by atoms with Crippen LogP contribution in [0.4, 0.5) is 5.69 Å². The van der Waals surface area contributed by atoms with E-state index in [0.29, 0.717) is 5.69 Å². The number of benzene rings is 1. The molecular formula is C19H21N3O5. The molecule has 8 heteroatoms. The lowest BCUT2D eigenvalue weighted by Crippen LogP contribution is -2.50. The third-order valence-electron chi connectivity index (χ3n) is 4.76. The first-order valence-electron chi connectivity index (χ1n) is 8.57. The van der Waals surface area contributed by atoms with Crippen LogP contribution in [-0.2, 0) is 23.9 Å². The number of esters is 1. The zero-order valence-electron chi connectivity index (χ0n) is 15.6. The Balaban J connectivity index is 2.07. The number of rotatable bonds is 5. The van der Waals surface area contributed by atoms with Gasteiger partial charge in [-0.3, -0.25) is 19.4 Å². The van der Waals surface area contributed by atoms with Crippen molar-refractivity contribution in [3.8, 4) is 0 Å². The Bertz CT molecular complexity index is 846. The highest BCUT2D eigenvalue weighted by molar-refractivity contribution is 6.46. The summed E-state index contributed by atoms with van der Waals surface area (Å²) in [6.45, 7) is 4.94. The Morgan fingerprint density at radius 3 is 2.33 bits per heavy atom. The van der Waals surface area contributed by atoms with E-state index in [-0.39, 0.29) is 17.9 Å². The molecule has 1 aromatic carbocycles. The number of imide groups is 1. The van der Waals surface area contributed by atoms with Gasteiger partial charge in [-0.1, -0.05) is 18.2 Å². The minimum Gasteiger partial charge on any atom is -0.464 e. The molecule has 0 saturated carbocycles. The molecule has 0 aromatic heterocycles. The van der Waals surface area contributed by atoms with Crippen LogP contribution in [0.25, 0.3) is 0 Å². The van der Waals surface area contributed by atoms with Crippen LogP contribution in [0.3, 0.4) is 0 Å². The molecule has 2 heterocycles. The molecule has 1 fully saturated rings. The third-order valence-corrected chi connectivity index (χ3v) is 4.76. The van der Waals surface area contributed by atoms with Gasteiger partial charge in [-0.25, -0.2) is 9.69 Å². The number of carbonyl (C=O) groups excluding carboxylic acids is 4. The molecule has 0 radical (unpaired) electrons. The number of Topliss-reactive ketones (excluding diaryl/α,β-unsaturated/α-hetero) is 1. The predicted molar refractivity (Wildman–Crippen MR) is 96.9 cm³/mol. The van der Waals surface area contributed by atoms with E-state index in [1.165, 1.54) is 19.0 Å². The van der Waals surface area contributed by atoms with Crippen molar-refractivity contribution in [1.29, 1.82) is 0 Å². The van der Waals surface area contributed by atoms with Gasteiger partial charge in [0.15, 0.2) is 5.71 Å². The van der Waals surface area contributed by atoms with Crippen LogP contribution in [0.2, 0.25) is 0 Å². The molecule has 8 nitrogen and oxygen atoms in total.